The Bertz CT molecular complexity index is 496. The van der Waals surface area contributed by atoms with Crippen molar-refractivity contribution in [2.75, 3.05) is 0 Å². The Morgan fingerprint density at radius 1 is 1.29 bits per heavy atom. The van der Waals surface area contributed by atoms with Gasteiger partial charge in [-0.2, -0.15) is 13.9 Å². The molecule has 90 valence electrons. The van der Waals surface area contributed by atoms with Crippen molar-refractivity contribution >= 4 is 15.9 Å². The number of aliphatic hydroxyl groups excluding tert-OH is 1. The molecule has 0 amide bonds. The molecule has 17 heavy (non-hydrogen) atoms. The summed E-state index contributed by atoms with van der Waals surface area (Å²) >= 11 is 2.15. The van der Waals surface area contributed by atoms with Gasteiger partial charge in [0.05, 0.1) is 11.9 Å². The van der Waals surface area contributed by atoms with Crippen LogP contribution in [0.5, 0.6) is 0 Å². The van der Waals surface area contributed by atoms with Gasteiger partial charge in [0.15, 0.2) is 6.10 Å². The third-order valence-electron chi connectivity index (χ3n) is 2.34. The number of halogens is 3. The van der Waals surface area contributed by atoms with E-state index in [4.69, 9.17) is 0 Å². The number of hydrogen-bond acceptors (Lipinski definition) is 2. The van der Waals surface area contributed by atoms with Gasteiger partial charge >= 0.3 is 4.83 Å². The van der Waals surface area contributed by atoms with Crippen LogP contribution in [-0.2, 0) is 0 Å². The van der Waals surface area contributed by atoms with Crippen LogP contribution in [0.1, 0.15) is 11.7 Å². The highest BCUT2D eigenvalue weighted by Crippen LogP contribution is 2.39. The van der Waals surface area contributed by atoms with Crippen molar-refractivity contribution in [1.29, 1.82) is 0 Å². The van der Waals surface area contributed by atoms with Gasteiger partial charge in [-0.3, -0.25) is 5.10 Å². The minimum absolute atomic E-state index is 0.0538. The van der Waals surface area contributed by atoms with Gasteiger partial charge in [0, 0.05) is 5.56 Å². The molecule has 0 bridgehead atoms. The summed E-state index contributed by atoms with van der Waals surface area (Å²) in [5.41, 5.74) is 1.13. The second kappa shape index (κ2) is 4.54. The molecule has 0 aliphatic carbocycles. The lowest BCUT2D eigenvalue weighted by Crippen LogP contribution is -2.18. The van der Waals surface area contributed by atoms with Gasteiger partial charge in [-0.05, 0) is 21.5 Å². The highest BCUT2D eigenvalue weighted by Gasteiger charge is 2.38. The van der Waals surface area contributed by atoms with Gasteiger partial charge < -0.3 is 5.11 Å². The molecule has 0 aliphatic rings. The molecule has 1 aromatic heterocycles. The van der Waals surface area contributed by atoms with Gasteiger partial charge in [-0.15, -0.1) is 0 Å². The van der Waals surface area contributed by atoms with Gasteiger partial charge in [0.25, 0.3) is 0 Å². The van der Waals surface area contributed by atoms with E-state index in [9.17, 15) is 13.9 Å². The second-order valence-electron chi connectivity index (χ2n) is 3.51. The summed E-state index contributed by atoms with van der Waals surface area (Å²) in [6.07, 6.45) is -0.751. The van der Waals surface area contributed by atoms with Gasteiger partial charge in [-0.1, -0.05) is 30.3 Å². The van der Waals surface area contributed by atoms with Crippen LogP contribution in [0.4, 0.5) is 8.78 Å². The van der Waals surface area contributed by atoms with Crippen molar-refractivity contribution < 1.29 is 13.9 Å². The zero-order valence-electron chi connectivity index (χ0n) is 8.57. The van der Waals surface area contributed by atoms with Crippen molar-refractivity contribution in [1.82, 2.24) is 10.2 Å². The average Bonchev–Trinajstić information content (AvgIpc) is 2.76. The number of rotatable bonds is 3. The zero-order chi connectivity index (χ0) is 12.5. The summed E-state index contributed by atoms with van der Waals surface area (Å²) < 4.78 is 26.0. The third-order valence-corrected chi connectivity index (χ3v) is 2.77. The number of aromatic amines is 1. The van der Waals surface area contributed by atoms with Crippen LogP contribution >= 0.6 is 15.9 Å². The molecule has 0 radical (unpaired) electrons. The molecule has 0 aliphatic heterocycles. The van der Waals surface area contributed by atoms with E-state index in [2.05, 4.69) is 26.1 Å². The second-order valence-corrected chi connectivity index (χ2v) is 4.57. The van der Waals surface area contributed by atoms with E-state index in [1.54, 1.807) is 24.3 Å². The fraction of sp³-hybridized carbons (Fsp3) is 0.182. The molecule has 2 aromatic rings. The maximum absolute atomic E-state index is 13.0. The number of aromatic nitrogens is 2. The van der Waals surface area contributed by atoms with Crippen LogP contribution < -0.4 is 0 Å². The molecule has 1 heterocycles. The molecule has 2 N–H and O–H groups in total. The normalized spacial score (nSPS) is 13.6. The van der Waals surface area contributed by atoms with Crippen LogP contribution in [0.15, 0.2) is 36.5 Å². The summed E-state index contributed by atoms with van der Waals surface area (Å²) in [6.45, 7) is 0. The Labute approximate surface area is 105 Å². The van der Waals surface area contributed by atoms with Crippen LogP contribution in [-0.4, -0.2) is 20.1 Å². The smallest absolute Gasteiger partial charge is 0.330 e. The van der Waals surface area contributed by atoms with Gasteiger partial charge in [0.2, 0.25) is 0 Å². The number of nitrogens with zero attached hydrogens (tertiary/aromatic N) is 1. The highest BCUT2D eigenvalue weighted by molar-refractivity contribution is 9.10. The molecule has 1 aromatic carbocycles. The fourth-order valence-electron chi connectivity index (χ4n) is 1.52. The van der Waals surface area contributed by atoms with E-state index in [1.165, 1.54) is 6.20 Å². The van der Waals surface area contributed by atoms with E-state index in [-0.39, 0.29) is 5.56 Å². The van der Waals surface area contributed by atoms with Crippen LogP contribution in [0.2, 0.25) is 0 Å². The lowest BCUT2D eigenvalue weighted by atomic mass is 10.0. The fourth-order valence-corrected chi connectivity index (χ4v) is 1.76. The summed E-state index contributed by atoms with van der Waals surface area (Å²) in [5, 5.41) is 15.8. The van der Waals surface area contributed by atoms with Crippen molar-refractivity contribution in [3.05, 3.63) is 42.1 Å². The van der Waals surface area contributed by atoms with Crippen molar-refractivity contribution in [3.8, 4) is 11.3 Å². The molecular formula is C11H9BrF2N2O. The lowest BCUT2D eigenvalue weighted by molar-refractivity contribution is -0.0291. The van der Waals surface area contributed by atoms with Gasteiger partial charge in [-0.25, -0.2) is 0 Å². The van der Waals surface area contributed by atoms with E-state index in [0.717, 1.165) is 0 Å². The molecule has 0 saturated carbocycles. The number of aliphatic hydroxyl groups is 1. The Balaban J connectivity index is 2.43. The Kier molecular flexibility index (Phi) is 3.26. The molecule has 0 fully saturated rings. The topological polar surface area (TPSA) is 48.9 Å². The van der Waals surface area contributed by atoms with Crippen LogP contribution in [0, 0.1) is 0 Å². The quantitative estimate of drug-likeness (QED) is 0.856. The largest absolute Gasteiger partial charge is 0.381 e. The number of benzene rings is 1. The average molecular weight is 303 g/mol. The highest BCUT2D eigenvalue weighted by atomic mass is 79.9. The number of nitrogens with one attached hydrogen (secondary N) is 1. The molecule has 6 heteroatoms. The molecular weight excluding hydrogens is 294 g/mol. The minimum atomic E-state index is -3.39. The van der Waals surface area contributed by atoms with Crippen LogP contribution in [0.25, 0.3) is 11.3 Å². The van der Waals surface area contributed by atoms with E-state index >= 15 is 0 Å². The molecule has 1 atom stereocenters. The predicted octanol–water partition coefficient (Wildman–Crippen LogP) is 3.10. The maximum Gasteiger partial charge on any atom is 0.330 e. The number of hydrogen-bond donors (Lipinski definition) is 2. The zero-order valence-corrected chi connectivity index (χ0v) is 10.2. The standard InChI is InChI=1S/C11H9BrF2N2O/c12-11(13,14)10(17)8-6-15-16-9(8)7-4-2-1-3-5-7/h1-6,10,17H,(H,15,16). The van der Waals surface area contributed by atoms with Crippen LogP contribution in [0.3, 0.4) is 0 Å². The molecule has 2 rings (SSSR count). The van der Waals surface area contributed by atoms with E-state index in [1.807, 2.05) is 6.07 Å². The summed E-state index contributed by atoms with van der Waals surface area (Å²) in [7, 11) is 0. The lowest BCUT2D eigenvalue weighted by Gasteiger charge is -2.16. The first kappa shape index (κ1) is 12.2. The molecule has 0 saturated heterocycles. The third kappa shape index (κ3) is 2.53. The Morgan fingerprint density at radius 3 is 2.53 bits per heavy atom. The van der Waals surface area contributed by atoms with Crippen molar-refractivity contribution in [2.24, 2.45) is 0 Å². The summed E-state index contributed by atoms with van der Waals surface area (Å²) in [5.74, 6) is 0. The van der Waals surface area contributed by atoms with E-state index in [0.29, 0.717) is 11.3 Å². The first-order valence-corrected chi connectivity index (χ1v) is 5.63. The number of alkyl halides is 3. The van der Waals surface area contributed by atoms with E-state index < -0.39 is 10.9 Å². The number of H-pyrrole nitrogens is 1. The Morgan fingerprint density at radius 2 is 1.94 bits per heavy atom. The molecule has 1 unspecified atom stereocenters. The van der Waals surface area contributed by atoms with Gasteiger partial charge in [0.1, 0.15) is 0 Å². The van der Waals surface area contributed by atoms with Crippen molar-refractivity contribution in [3.63, 3.8) is 0 Å². The first-order valence-electron chi connectivity index (χ1n) is 4.83. The maximum atomic E-state index is 13.0. The molecule has 3 nitrogen and oxygen atoms in total. The Hall–Kier alpha value is -1.27. The molecule has 0 spiro atoms. The summed E-state index contributed by atoms with van der Waals surface area (Å²) in [4.78, 5) is -3.39. The predicted molar refractivity (Wildman–Crippen MR) is 62.9 cm³/mol. The first-order chi connectivity index (χ1) is 8.00. The SMILES string of the molecule is OC(c1cn[nH]c1-c1ccccc1)C(F)(F)Br. The minimum Gasteiger partial charge on any atom is -0.381 e. The summed E-state index contributed by atoms with van der Waals surface area (Å²) in [6, 6.07) is 8.86. The van der Waals surface area contributed by atoms with Crippen molar-refractivity contribution in [2.45, 2.75) is 10.9 Å². The monoisotopic (exact) mass is 302 g/mol.